The summed E-state index contributed by atoms with van der Waals surface area (Å²) >= 11 is 9.80. The molecule has 3 heteroatoms. The molecule has 1 rings (SSSR count). The lowest BCUT2D eigenvalue weighted by atomic mass is 10.1. The monoisotopic (exact) mass is 201 g/mol. The van der Waals surface area contributed by atoms with Crippen LogP contribution in [0.25, 0.3) is 0 Å². The lowest BCUT2D eigenvalue weighted by Crippen LogP contribution is -2.04. The second-order valence-electron chi connectivity index (χ2n) is 2.74. The molecule has 1 aromatic rings. The van der Waals surface area contributed by atoms with Crippen LogP contribution in [-0.4, -0.2) is 6.54 Å². The summed E-state index contributed by atoms with van der Waals surface area (Å²) in [6.07, 6.45) is 0.988. The Kier molecular flexibility index (Phi) is 3.92. The predicted molar refractivity (Wildman–Crippen MR) is 56.9 cm³/mol. The molecule has 1 N–H and O–H groups in total. The van der Waals surface area contributed by atoms with Gasteiger partial charge >= 0.3 is 0 Å². The Hall–Kier alpha value is -0.180. The van der Waals surface area contributed by atoms with Crippen molar-refractivity contribution in [3.63, 3.8) is 0 Å². The molecule has 0 bridgehead atoms. The normalized spacial score (nSPS) is 10.2. The van der Waals surface area contributed by atoms with Crippen molar-refractivity contribution in [3.05, 3.63) is 34.3 Å². The third-order valence-corrected chi connectivity index (χ3v) is 2.40. The number of hydrogen-bond acceptors (Lipinski definition) is 2. The Labute approximate surface area is 83.7 Å². The van der Waals surface area contributed by atoms with Crippen molar-refractivity contribution in [2.75, 3.05) is 6.54 Å². The number of nitrogens with one attached hydrogen (secondary N) is 1. The van der Waals surface area contributed by atoms with E-state index in [-0.39, 0.29) is 0 Å². The molecule has 0 heterocycles. The van der Waals surface area contributed by atoms with Crippen molar-refractivity contribution >= 4 is 24.4 Å². The molecular formula is C9H12ClNS. The summed E-state index contributed by atoms with van der Waals surface area (Å²) < 4.78 is 2.81. The average molecular weight is 202 g/mol. The SMILES string of the molecule is Cc1cc(CCNS)ccc1Cl. The summed E-state index contributed by atoms with van der Waals surface area (Å²) in [6.45, 7) is 2.89. The standard InChI is InChI=1S/C9H12ClNS/c1-7-6-8(4-5-11-12)2-3-9(7)10/h2-3,6,11-12H,4-5H2,1H3. The highest BCUT2D eigenvalue weighted by atomic mass is 35.5. The summed E-state index contributed by atoms with van der Waals surface area (Å²) in [5.41, 5.74) is 2.42. The minimum atomic E-state index is 0.831. The van der Waals surface area contributed by atoms with Crippen LogP contribution in [-0.2, 0) is 6.42 Å². The molecule has 0 fully saturated rings. The first-order valence-electron chi connectivity index (χ1n) is 3.86. The second kappa shape index (κ2) is 4.75. The van der Waals surface area contributed by atoms with Gasteiger partial charge < -0.3 is 0 Å². The lowest BCUT2D eigenvalue weighted by Gasteiger charge is -2.02. The van der Waals surface area contributed by atoms with Crippen molar-refractivity contribution in [2.24, 2.45) is 0 Å². The highest BCUT2D eigenvalue weighted by Gasteiger charge is 1.96. The van der Waals surface area contributed by atoms with Gasteiger partial charge in [-0.2, -0.15) is 0 Å². The molecule has 0 amide bonds. The topological polar surface area (TPSA) is 12.0 Å². The summed E-state index contributed by atoms with van der Waals surface area (Å²) in [6, 6.07) is 6.08. The van der Waals surface area contributed by atoms with Crippen LogP contribution in [0.15, 0.2) is 18.2 Å². The summed E-state index contributed by atoms with van der Waals surface area (Å²) in [5.74, 6) is 0. The number of hydrogen-bond donors (Lipinski definition) is 2. The predicted octanol–water partition coefficient (Wildman–Crippen LogP) is 2.63. The van der Waals surface area contributed by atoms with Crippen LogP contribution in [0, 0.1) is 6.92 Å². The van der Waals surface area contributed by atoms with Crippen LogP contribution in [0.3, 0.4) is 0 Å². The van der Waals surface area contributed by atoms with Gasteiger partial charge in [0.1, 0.15) is 0 Å². The van der Waals surface area contributed by atoms with Crippen molar-refractivity contribution < 1.29 is 0 Å². The highest BCUT2D eigenvalue weighted by molar-refractivity contribution is 7.78. The van der Waals surface area contributed by atoms with Crippen LogP contribution in [0.4, 0.5) is 0 Å². The van der Waals surface area contributed by atoms with Gasteiger partial charge in [-0.15, -0.1) is 0 Å². The van der Waals surface area contributed by atoms with E-state index in [1.165, 1.54) is 5.56 Å². The van der Waals surface area contributed by atoms with Crippen LogP contribution in [0.5, 0.6) is 0 Å². The molecule has 0 saturated heterocycles. The first-order valence-corrected chi connectivity index (χ1v) is 4.68. The largest absolute Gasteiger partial charge is 0.266 e. The van der Waals surface area contributed by atoms with Crippen LogP contribution in [0.2, 0.25) is 5.02 Å². The molecule has 0 aromatic heterocycles. The van der Waals surface area contributed by atoms with E-state index in [1.807, 2.05) is 19.1 Å². The third-order valence-electron chi connectivity index (χ3n) is 1.75. The van der Waals surface area contributed by atoms with E-state index in [4.69, 9.17) is 11.6 Å². The van der Waals surface area contributed by atoms with E-state index < -0.39 is 0 Å². The van der Waals surface area contributed by atoms with Crippen LogP contribution in [0.1, 0.15) is 11.1 Å². The van der Waals surface area contributed by atoms with Gasteiger partial charge in [0.15, 0.2) is 0 Å². The quantitative estimate of drug-likeness (QED) is 0.717. The van der Waals surface area contributed by atoms with Gasteiger partial charge in [-0.05, 0) is 30.5 Å². The van der Waals surface area contributed by atoms with Crippen LogP contribution >= 0.6 is 24.4 Å². The molecule has 0 aliphatic carbocycles. The van der Waals surface area contributed by atoms with E-state index in [2.05, 4.69) is 23.6 Å². The van der Waals surface area contributed by atoms with Crippen molar-refractivity contribution in [2.45, 2.75) is 13.3 Å². The molecule has 0 radical (unpaired) electrons. The Bertz CT molecular complexity index is 263. The zero-order valence-electron chi connectivity index (χ0n) is 6.97. The number of thiol groups is 1. The minimum absolute atomic E-state index is 0.831. The van der Waals surface area contributed by atoms with E-state index in [0.29, 0.717) is 0 Å². The Morgan fingerprint density at radius 2 is 2.25 bits per heavy atom. The van der Waals surface area contributed by atoms with E-state index in [1.54, 1.807) is 0 Å². The number of rotatable bonds is 3. The zero-order valence-corrected chi connectivity index (χ0v) is 8.62. The number of halogens is 1. The molecular weight excluding hydrogens is 190 g/mol. The van der Waals surface area contributed by atoms with Gasteiger partial charge in [0.25, 0.3) is 0 Å². The number of benzene rings is 1. The molecule has 0 saturated carbocycles. The van der Waals surface area contributed by atoms with Gasteiger partial charge in [0, 0.05) is 11.6 Å². The van der Waals surface area contributed by atoms with Crippen molar-refractivity contribution in [1.82, 2.24) is 4.72 Å². The van der Waals surface area contributed by atoms with E-state index >= 15 is 0 Å². The molecule has 1 nitrogen and oxygen atoms in total. The van der Waals surface area contributed by atoms with Crippen LogP contribution < -0.4 is 4.72 Å². The molecule has 0 aliphatic heterocycles. The maximum absolute atomic E-state index is 5.88. The lowest BCUT2D eigenvalue weighted by molar-refractivity contribution is 0.912. The fourth-order valence-corrected chi connectivity index (χ4v) is 1.29. The first-order chi connectivity index (χ1) is 5.74. The number of aryl methyl sites for hydroxylation is 1. The molecule has 66 valence electrons. The molecule has 0 atom stereocenters. The minimum Gasteiger partial charge on any atom is -0.266 e. The maximum atomic E-state index is 5.88. The van der Waals surface area contributed by atoms with Crippen molar-refractivity contribution in [3.8, 4) is 0 Å². The summed E-state index contributed by atoms with van der Waals surface area (Å²) in [7, 11) is 0. The Balaban J connectivity index is 2.69. The third kappa shape index (κ3) is 2.70. The fourth-order valence-electron chi connectivity index (χ4n) is 1.06. The maximum Gasteiger partial charge on any atom is 0.0435 e. The first kappa shape index (κ1) is 9.90. The highest BCUT2D eigenvalue weighted by Crippen LogP contribution is 2.16. The van der Waals surface area contributed by atoms with Gasteiger partial charge in [-0.25, -0.2) is 0 Å². The smallest absolute Gasteiger partial charge is 0.0435 e. The average Bonchev–Trinajstić information content (AvgIpc) is 2.07. The van der Waals surface area contributed by atoms with E-state index in [9.17, 15) is 0 Å². The van der Waals surface area contributed by atoms with E-state index in [0.717, 1.165) is 23.6 Å². The van der Waals surface area contributed by atoms with Gasteiger partial charge in [0.2, 0.25) is 0 Å². The molecule has 0 aliphatic rings. The summed E-state index contributed by atoms with van der Waals surface area (Å²) in [5, 5.41) is 0.831. The fraction of sp³-hybridized carbons (Fsp3) is 0.333. The van der Waals surface area contributed by atoms with Crippen molar-refractivity contribution in [1.29, 1.82) is 0 Å². The molecule has 1 aromatic carbocycles. The molecule has 0 spiro atoms. The Morgan fingerprint density at radius 1 is 1.50 bits per heavy atom. The van der Waals surface area contributed by atoms with Gasteiger partial charge in [0.05, 0.1) is 0 Å². The van der Waals surface area contributed by atoms with Gasteiger partial charge in [-0.3, -0.25) is 4.72 Å². The Morgan fingerprint density at radius 3 is 2.83 bits per heavy atom. The van der Waals surface area contributed by atoms with Gasteiger partial charge in [-0.1, -0.05) is 36.5 Å². The summed E-state index contributed by atoms with van der Waals surface area (Å²) in [4.78, 5) is 0. The second-order valence-corrected chi connectivity index (χ2v) is 3.47. The molecule has 12 heavy (non-hydrogen) atoms. The zero-order chi connectivity index (χ0) is 8.97. The molecule has 0 unspecified atom stereocenters.